The molecule has 60 valence electrons. The summed E-state index contributed by atoms with van der Waals surface area (Å²) in [5, 5.41) is 13.1. The van der Waals surface area contributed by atoms with Gasteiger partial charge in [0, 0.05) is 11.5 Å². The Morgan fingerprint density at radius 1 is 1.17 bits per heavy atom. The third-order valence-electron chi connectivity index (χ3n) is 1.74. The molecule has 0 atom stereocenters. The van der Waals surface area contributed by atoms with Crippen LogP contribution in [0.25, 0.3) is 10.8 Å². The van der Waals surface area contributed by atoms with Crippen molar-refractivity contribution in [3.05, 3.63) is 46.9 Å². The van der Waals surface area contributed by atoms with Crippen LogP contribution in [0.4, 0.5) is 0 Å². The fraction of sp³-hybridized carbons (Fsp3) is 0. The van der Waals surface area contributed by atoms with E-state index in [1.54, 1.807) is 6.07 Å². The first-order valence-corrected chi connectivity index (χ1v) is 3.92. The molecule has 0 N–H and O–H groups in total. The van der Waals surface area contributed by atoms with Crippen LogP contribution in [0.3, 0.4) is 0 Å². The van der Waals surface area contributed by atoms with E-state index >= 15 is 0 Å². The van der Waals surface area contributed by atoms with Gasteiger partial charge in [-0.05, 0) is 23.1 Å². The van der Waals surface area contributed by atoms with Crippen molar-refractivity contribution in [2.75, 3.05) is 0 Å². The average molecular weight is 180 g/mol. The summed E-state index contributed by atoms with van der Waals surface area (Å²) in [6.45, 7) is 0. The second-order valence-corrected chi connectivity index (χ2v) is 2.94. The molecule has 0 aliphatic carbocycles. The number of nitrogens with zero attached hydrogens (tertiary/aromatic N) is 1. The van der Waals surface area contributed by atoms with Gasteiger partial charge in [0.15, 0.2) is 6.20 Å². The minimum absolute atomic E-state index is 0.203. The zero-order valence-corrected chi connectivity index (χ0v) is 6.95. The summed E-state index contributed by atoms with van der Waals surface area (Å²) in [5.41, 5.74) is 0. The lowest BCUT2D eigenvalue weighted by Gasteiger charge is -1.99. The average Bonchev–Trinajstić information content (AvgIpc) is 2.07. The summed E-state index contributed by atoms with van der Waals surface area (Å²) in [6, 6.07) is 9.25. The molecule has 0 aliphatic heterocycles. The maximum absolute atomic E-state index is 11.0. The quantitative estimate of drug-likeness (QED) is 0.346. The van der Waals surface area contributed by atoms with Crippen LogP contribution in [0.2, 0.25) is 5.15 Å². The Hall–Kier alpha value is -1.28. The van der Waals surface area contributed by atoms with E-state index in [4.69, 9.17) is 11.6 Å². The van der Waals surface area contributed by atoms with E-state index in [0.29, 0.717) is 4.73 Å². The van der Waals surface area contributed by atoms with Gasteiger partial charge in [0.2, 0.25) is 0 Å². The van der Waals surface area contributed by atoms with Crippen molar-refractivity contribution < 1.29 is 4.73 Å². The number of fused-ring (bicyclic) bond motifs is 1. The Kier molecular flexibility index (Phi) is 1.62. The molecule has 0 fully saturated rings. The molecule has 1 aromatic heterocycles. The Bertz CT molecular complexity index is 387. The maximum Gasteiger partial charge on any atom is 0.286 e. The zero-order chi connectivity index (χ0) is 8.55. The third kappa shape index (κ3) is 1.10. The van der Waals surface area contributed by atoms with Crippen molar-refractivity contribution in [2.45, 2.75) is 0 Å². The zero-order valence-electron chi connectivity index (χ0n) is 6.20. The summed E-state index contributed by atoms with van der Waals surface area (Å²) in [5.74, 6) is 0. The van der Waals surface area contributed by atoms with Crippen molar-refractivity contribution in [2.24, 2.45) is 0 Å². The van der Waals surface area contributed by atoms with Gasteiger partial charge in [0.25, 0.3) is 5.15 Å². The van der Waals surface area contributed by atoms with Crippen LogP contribution in [0.15, 0.2) is 36.5 Å². The standard InChI is InChI=1S/C9H6ClNO/c10-9-5-7-3-1-2-4-8(7)6-11(9)12/h1-6H. The molecule has 12 heavy (non-hydrogen) atoms. The molecule has 1 aromatic carbocycles. The van der Waals surface area contributed by atoms with Gasteiger partial charge in [-0.25, -0.2) is 0 Å². The van der Waals surface area contributed by atoms with Gasteiger partial charge in [-0.3, -0.25) is 0 Å². The lowest BCUT2D eigenvalue weighted by molar-refractivity contribution is -0.601. The Labute approximate surface area is 74.6 Å². The minimum atomic E-state index is 0.203. The number of benzene rings is 1. The summed E-state index contributed by atoms with van der Waals surface area (Å²) in [7, 11) is 0. The van der Waals surface area contributed by atoms with E-state index in [0.717, 1.165) is 10.8 Å². The highest BCUT2D eigenvalue weighted by Crippen LogP contribution is 2.14. The van der Waals surface area contributed by atoms with Crippen LogP contribution in [0.5, 0.6) is 0 Å². The first-order valence-electron chi connectivity index (χ1n) is 3.55. The fourth-order valence-corrected chi connectivity index (χ4v) is 1.31. The smallest absolute Gasteiger partial charge is 0.286 e. The third-order valence-corrected chi connectivity index (χ3v) is 2.01. The van der Waals surface area contributed by atoms with E-state index in [-0.39, 0.29) is 5.15 Å². The number of aromatic nitrogens is 1. The molecule has 0 bridgehead atoms. The highest BCUT2D eigenvalue weighted by Gasteiger charge is 2.02. The molecule has 0 radical (unpaired) electrons. The van der Waals surface area contributed by atoms with Gasteiger partial charge < -0.3 is 5.21 Å². The van der Waals surface area contributed by atoms with Crippen LogP contribution in [-0.2, 0) is 0 Å². The Morgan fingerprint density at radius 3 is 2.58 bits per heavy atom. The molecule has 0 unspecified atom stereocenters. The van der Waals surface area contributed by atoms with Crippen molar-refractivity contribution in [1.82, 2.24) is 0 Å². The van der Waals surface area contributed by atoms with Gasteiger partial charge in [-0.1, -0.05) is 18.2 Å². The van der Waals surface area contributed by atoms with Gasteiger partial charge in [0.1, 0.15) is 0 Å². The number of pyridine rings is 1. The van der Waals surface area contributed by atoms with Crippen molar-refractivity contribution in [3.63, 3.8) is 0 Å². The van der Waals surface area contributed by atoms with E-state index in [9.17, 15) is 5.21 Å². The first kappa shape index (κ1) is 7.37. The van der Waals surface area contributed by atoms with Crippen LogP contribution in [0, 0.1) is 5.21 Å². The molecule has 2 nitrogen and oxygen atoms in total. The lowest BCUT2D eigenvalue weighted by Crippen LogP contribution is -2.26. The molecule has 1 heterocycles. The van der Waals surface area contributed by atoms with Crippen LogP contribution in [0.1, 0.15) is 0 Å². The lowest BCUT2D eigenvalue weighted by atomic mass is 10.2. The highest BCUT2D eigenvalue weighted by atomic mass is 35.5. The van der Waals surface area contributed by atoms with Crippen LogP contribution >= 0.6 is 11.6 Å². The van der Waals surface area contributed by atoms with Gasteiger partial charge in [-0.15, -0.1) is 0 Å². The molecule has 0 spiro atoms. The minimum Gasteiger partial charge on any atom is -0.618 e. The number of hydrogen-bond acceptors (Lipinski definition) is 1. The molecule has 0 saturated carbocycles. The highest BCUT2D eigenvalue weighted by molar-refractivity contribution is 6.29. The maximum atomic E-state index is 11.0. The molecule has 0 amide bonds. The fourth-order valence-electron chi connectivity index (χ4n) is 1.14. The van der Waals surface area contributed by atoms with Crippen molar-refractivity contribution in [1.29, 1.82) is 0 Å². The second-order valence-electron chi connectivity index (χ2n) is 2.55. The molecule has 0 saturated heterocycles. The molecule has 0 aliphatic rings. The van der Waals surface area contributed by atoms with Gasteiger partial charge in [0.05, 0.1) is 0 Å². The van der Waals surface area contributed by atoms with E-state index in [1.165, 1.54) is 6.20 Å². The summed E-state index contributed by atoms with van der Waals surface area (Å²) < 4.78 is 0.657. The molecular formula is C9H6ClNO. The van der Waals surface area contributed by atoms with Crippen LogP contribution < -0.4 is 4.73 Å². The Balaban J connectivity index is 2.84. The molecule has 2 aromatic rings. The van der Waals surface area contributed by atoms with Gasteiger partial charge in [-0.2, -0.15) is 4.73 Å². The summed E-state index contributed by atoms with van der Waals surface area (Å²) in [4.78, 5) is 0. The number of halogens is 1. The number of hydrogen-bond donors (Lipinski definition) is 0. The van der Waals surface area contributed by atoms with E-state index in [1.807, 2.05) is 24.3 Å². The predicted octanol–water partition coefficient (Wildman–Crippen LogP) is 2.13. The molecule has 3 heteroatoms. The number of rotatable bonds is 0. The second kappa shape index (κ2) is 2.64. The van der Waals surface area contributed by atoms with Gasteiger partial charge >= 0.3 is 0 Å². The molecule has 2 rings (SSSR count). The monoisotopic (exact) mass is 179 g/mol. The summed E-state index contributed by atoms with van der Waals surface area (Å²) in [6.07, 6.45) is 1.47. The normalized spacial score (nSPS) is 10.4. The predicted molar refractivity (Wildman–Crippen MR) is 47.9 cm³/mol. The first-order chi connectivity index (χ1) is 5.77. The SMILES string of the molecule is [O-][n+]1cc2ccccc2cc1Cl. The van der Waals surface area contributed by atoms with Crippen molar-refractivity contribution in [3.8, 4) is 0 Å². The largest absolute Gasteiger partial charge is 0.618 e. The molecular weight excluding hydrogens is 174 g/mol. The van der Waals surface area contributed by atoms with E-state index in [2.05, 4.69) is 0 Å². The topological polar surface area (TPSA) is 26.9 Å². The Morgan fingerprint density at radius 2 is 1.83 bits per heavy atom. The van der Waals surface area contributed by atoms with Crippen molar-refractivity contribution >= 4 is 22.4 Å². The summed E-state index contributed by atoms with van der Waals surface area (Å²) >= 11 is 5.64. The van der Waals surface area contributed by atoms with E-state index < -0.39 is 0 Å². The van der Waals surface area contributed by atoms with Crippen LogP contribution in [-0.4, -0.2) is 0 Å².